The number of hydrogen-bond acceptors (Lipinski definition) is 3. The lowest BCUT2D eigenvalue weighted by Gasteiger charge is -2.56. The molecule has 3 heterocycles. The molecule has 0 unspecified atom stereocenters. The first-order chi connectivity index (χ1) is 17.5. The van der Waals surface area contributed by atoms with E-state index in [1.165, 1.54) is 24.8 Å². The van der Waals surface area contributed by atoms with Crippen molar-refractivity contribution in [2.75, 3.05) is 6.54 Å². The molecule has 0 atom stereocenters. The molecule has 2 N–H and O–H groups in total. The van der Waals surface area contributed by atoms with Crippen molar-refractivity contribution in [1.29, 1.82) is 0 Å². The highest BCUT2D eigenvalue weighted by atomic mass is 16.2. The van der Waals surface area contributed by atoms with E-state index in [4.69, 9.17) is 0 Å². The molecule has 2 amide bonds. The number of aromatic nitrogens is 2. The molecular weight excluding hydrogens is 448 g/mol. The number of hydrogen-bond donors (Lipinski definition) is 2. The molecule has 36 heavy (non-hydrogen) atoms. The maximum absolute atomic E-state index is 13.9. The summed E-state index contributed by atoms with van der Waals surface area (Å²) in [7, 11) is 0. The number of H-pyrrole nitrogens is 1. The number of aryl methyl sites for hydroxylation is 1. The maximum atomic E-state index is 13.9. The van der Waals surface area contributed by atoms with Gasteiger partial charge in [0.1, 0.15) is 5.69 Å². The van der Waals surface area contributed by atoms with E-state index < -0.39 is 0 Å². The second kappa shape index (κ2) is 8.19. The van der Waals surface area contributed by atoms with Crippen molar-refractivity contribution in [2.45, 2.75) is 65.0 Å². The van der Waals surface area contributed by atoms with Crippen molar-refractivity contribution in [2.24, 2.45) is 23.2 Å². The van der Waals surface area contributed by atoms with Gasteiger partial charge in [0.15, 0.2) is 0 Å². The smallest absolute Gasteiger partial charge is 0.267 e. The minimum absolute atomic E-state index is 0.0965. The predicted octanol–water partition coefficient (Wildman–Crippen LogP) is 4.90. The normalized spacial score (nSPS) is 28.4. The van der Waals surface area contributed by atoms with Crippen LogP contribution in [-0.4, -0.2) is 33.2 Å². The zero-order valence-corrected chi connectivity index (χ0v) is 21.0. The van der Waals surface area contributed by atoms with Gasteiger partial charge in [0.25, 0.3) is 5.91 Å². The molecule has 4 aliphatic carbocycles. The average molecular weight is 483 g/mol. The molecule has 3 aromatic rings. The summed E-state index contributed by atoms with van der Waals surface area (Å²) in [5, 5.41) is 4.13. The summed E-state index contributed by atoms with van der Waals surface area (Å²) in [4.78, 5) is 36.8. The van der Waals surface area contributed by atoms with Crippen molar-refractivity contribution in [3.8, 4) is 0 Å². The SMILES string of the molecule is Cc1ncc2c(c1CNC(=O)c1cc3ccccc3[nH]1)CCN(C(=O)C13CC4CC(CC(C4)C1)C3)C2. The van der Waals surface area contributed by atoms with E-state index in [1.54, 1.807) is 0 Å². The third kappa shape index (κ3) is 3.56. The summed E-state index contributed by atoms with van der Waals surface area (Å²) < 4.78 is 0. The van der Waals surface area contributed by atoms with E-state index in [2.05, 4.69) is 20.2 Å². The standard InChI is InChI=1S/C30H34N4O2/c1-18-25(16-32-28(35)27-11-22-4-2-3-5-26(22)33-27)24-6-7-34(17-23(24)15-31-18)29(36)30-12-19-8-20(13-30)10-21(9-19)14-30/h2-5,11,15,19-21,33H,6-10,12-14,16-17H2,1H3,(H,32,35). The van der Waals surface area contributed by atoms with Crippen LogP contribution in [0.2, 0.25) is 0 Å². The number of rotatable bonds is 4. The van der Waals surface area contributed by atoms with Crippen LogP contribution in [0.1, 0.15) is 71.4 Å². The molecule has 0 saturated heterocycles. The third-order valence-electron chi connectivity index (χ3n) is 9.58. The topological polar surface area (TPSA) is 78.1 Å². The van der Waals surface area contributed by atoms with Crippen LogP contribution < -0.4 is 5.32 Å². The minimum Gasteiger partial charge on any atom is -0.351 e. The molecular formula is C30H34N4O2. The molecule has 4 saturated carbocycles. The van der Waals surface area contributed by atoms with Crippen LogP contribution in [0, 0.1) is 30.1 Å². The molecule has 0 radical (unpaired) electrons. The second-order valence-corrected chi connectivity index (χ2v) is 12.0. The molecule has 8 rings (SSSR count). The Morgan fingerprint density at radius 2 is 1.83 bits per heavy atom. The lowest BCUT2D eigenvalue weighted by Crippen LogP contribution is -2.55. The van der Waals surface area contributed by atoms with Crippen molar-refractivity contribution in [3.05, 3.63) is 64.6 Å². The molecule has 4 bridgehead atoms. The first kappa shape index (κ1) is 22.1. The monoisotopic (exact) mass is 482 g/mol. The van der Waals surface area contributed by atoms with E-state index in [-0.39, 0.29) is 11.3 Å². The van der Waals surface area contributed by atoms with Gasteiger partial charge in [-0.3, -0.25) is 14.6 Å². The van der Waals surface area contributed by atoms with Crippen molar-refractivity contribution in [1.82, 2.24) is 20.2 Å². The van der Waals surface area contributed by atoms with Gasteiger partial charge in [-0.25, -0.2) is 0 Å². The fourth-order valence-electron chi connectivity index (χ4n) is 8.30. The number of nitrogens with zero attached hydrogens (tertiary/aromatic N) is 2. The molecule has 6 heteroatoms. The van der Waals surface area contributed by atoms with Gasteiger partial charge in [-0.15, -0.1) is 0 Å². The highest BCUT2D eigenvalue weighted by molar-refractivity contribution is 5.98. The van der Waals surface area contributed by atoms with Crippen LogP contribution >= 0.6 is 0 Å². The predicted molar refractivity (Wildman–Crippen MR) is 138 cm³/mol. The molecule has 4 fully saturated rings. The van der Waals surface area contributed by atoms with Crippen molar-refractivity contribution in [3.63, 3.8) is 0 Å². The van der Waals surface area contributed by atoms with Gasteiger partial charge in [-0.2, -0.15) is 0 Å². The lowest BCUT2D eigenvalue weighted by molar-refractivity contribution is -0.158. The van der Waals surface area contributed by atoms with Gasteiger partial charge >= 0.3 is 0 Å². The first-order valence-corrected chi connectivity index (χ1v) is 13.6. The number of amides is 2. The van der Waals surface area contributed by atoms with Gasteiger partial charge in [-0.1, -0.05) is 18.2 Å². The lowest BCUT2D eigenvalue weighted by atomic mass is 9.49. The number of carbonyl (C=O) groups is 2. The van der Waals surface area contributed by atoms with Gasteiger partial charge < -0.3 is 15.2 Å². The van der Waals surface area contributed by atoms with Crippen LogP contribution in [0.25, 0.3) is 10.9 Å². The fraction of sp³-hybridized carbons (Fsp3) is 0.500. The van der Waals surface area contributed by atoms with E-state index >= 15 is 0 Å². The van der Waals surface area contributed by atoms with Gasteiger partial charge in [0, 0.05) is 42.4 Å². The summed E-state index contributed by atoms with van der Waals surface area (Å²) in [6.07, 6.45) is 10.2. The third-order valence-corrected chi connectivity index (χ3v) is 9.58. The summed E-state index contributed by atoms with van der Waals surface area (Å²) >= 11 is 0. The quantitative estimate of drug-likeness (QED) is 0.555. The number of para-hydroxylation sites is 1. The Kier molecular flexibility index (Phi) is 5.02. The Morgan fingerprint density at radius 3 is 2.56 bits per heavy atom. The maximum Gasteiger partial charge on any atom is 0.267 e. The molecule has 0 spiro atoms. The van der Waals surface area contributed by atoms with Crippen molar-refractivity contribution < 1.29 is 9.59 Å². The Balaban J connectivity index is 1.08. The van der Waals surface area contributed by atoms with Gasteiger partial charge in [-0.05, 0) is 98.4 Å². The average Bonchev–Trinajstić information content (AvgIpc) is 3.31. The first-order valence-electron chi connectivity index (χ1n) is 13.6. The highest BCUT2D eigenvalue weighted by Crippen LogP contribution is 2.60. The summed E-state index contributed by atoms with van der Waals surface area (Å²) in [6.45, 7) is 3.86. The largest absolute Gasteiger partial charge is 0.351 e. The Labute approximate surface area is 211 Å². The molecule has 1 aliphatic heterocycles. The molecule has 5 aliphatic rings. The summed E-state index contributed by atoms with van der Waals surface area (Å²) in [5.74, 6) is 2.61. The Morgan fingerprint density at radius 1 is 1.11 bits per heavy atom. The van der Waals surface area contributed by atoms with Crippen LogP contribution in [0.3, 0.4) is 0 Å². The summed E-state index contributed by atoms with van der Waals surface area (Å²) in [6, 6.07) is 9.80. The number of benzene rings is 1. The Hall–Kier alpha value is -3.15. The fourth-order valence-corrected chi connectivity index (χ4v) is 8.30. The molecule has 1 aromatic carbocycles. The second-order valence-electron chi connectivity index (χ2n) is 12.0. The highest BCUT2D eigenvalue weighted by Gasteiger charge is 2.55. The van der Waals surface area contributed by atoms with Crippen LogP contribution in [0.4, 0.5) is 0 Å². The number of fused-ring (bicyclic) bond motifs is 2. The van der Waals surface area contributed by atoms with Gasteiger partial charge in [0.05, 0.1) is 5.41 Å². The number of carbonyl (C=O) groups excluding carboxylic acids is 2. The van der Waals surface area contributed by atoms with E-state index in [9.17, 15) is 9.59 Å². The minimum atomic E-state index is -0.113. The van der Waals surface area contributed by atoms with E-state index in [0.717, 1.165) is 77.7 Å². The summed E-state index contributed by atoms with van der Waals surface area (Å²) in [5.41, 5.74) is 5.88. The van der Waals surface area contributed by atoms with Gasteiger partial charge in [0.2, 0.25) is 5.91 Å². The number of pyridine rings is 1. The van der Waals surface area contributed by atoms with Crippen LogP contribution in [-0.2, 0) is 24.3 Å². The van der Waals surface area contributed by atoms with Crippen LogP contribution in [0.15, 0.2) is 36.5 Å². The molecule has 2 aromatic heterocycles. The molecule has 186 valence electrons. The molecule has 6 nitrogen and oxygen atoms in total. The van der Waals surface area contributed by atoms with Crippen molar-refractivity contribution >= 4 is 22.7 Å². The van der Waals surface area contributed by atoms with E-state index in [0.29, 0.717) is 24.7 Å². The zero-order chi connectivity index (χ0) is 24.4. The number of nitrogens with one attached hydrogen (secondary N) is 2. The zero-order valence-electron chi connectivity index (χ0n) is 21.0. The number of aromatic amines is 1. The Bertz CT molecular complexity index is 1300. The van der Waals surface area contributed by atoms with E-state index in [1.807, 2.05) is 43.5 Å². The van der Waals surface area contributed by atoms with Crippen LogP contribution in [0.5, 0.6) is 0 Å².